The van der Waals surface area contributed by atoms with Crippen LogP contribution in [0.3, 0.4) is 0 Å². The first-order chi connectivity index (χ1) is 11.3. The van der Waals surface area contributed by atoms with Crippen LogP contribution < -0.4 is 10.2 Å². The Labute approximate surface area is 142 Å². The molecule has 1 aromatic carbocycles. The minimum absolute atomic E-state index is 0.0675. The molecule has 8 heteroatoms. The van der Waals surface area contributed by atoms with Crippen molar-refractivity contribution in [3.05, 3.63) is 30.6 Å². The Hall–Kier alpha value is -1.93. The van der Waals surface area contributed by atoms with Crippen molar-refractivity contribution in [2.24, 2.45) is 0 Å². The number of rotatable bonds is 5. The van der Waals surface area contributed by atoms with E-state index in [4.69, 9.17) is 14.0 Å². The number of nitrogens with zero attached hydrogens (tertiary/aromatic N) is 4. The van der Waals surface area contributed by atoms with Gasteiger partial charge in [0.05, 0.1) is 17.7 Å². The summed E-state index contributed by atoms with van der Waals surface area (Å²) >= 11 is 0. The minimum Gasteiger partial charge on any atom is -0.489 e. The summed E-state index contributed by atoms with van der Waals surface area (Å²) in [5, 5.41) is 11.1. The Kier molecular flexibility index (Phi) is 4.36. The number of hydrogen-bond donors (Lipinski definition) is 0. The first-order valence-electron chi connectivity index (χ1n) is 8.10. The van der Waals surface area contributed by atoms with Gasteiger partial charge in [-0.2, -0.15) is 0 Å². The maximum absolute atomic E-state index is 6.09. The molecule has 1 aromatic heterocycles. The topological polar surface area (TPSA) is 71.3 Å². The second-order valence-corrected chi connectivity index (χ2v) is 7.12. The molecule has 0 bridgehead atoms. The Morgan fingerprint density at radius 3 is 2.54 bits per heavy atom. The molecule has 2 heterocycles. The average molecular weight is 330 g/mol. The SMILES string of the molecule is CC(Cn1cnnn1)Oc1cccc(B2OC(C)(C)C(C)(C)O2)c1. The average Bonchev–Trinajstić information content (AvgIpc) is 3.05. The largest absolute Gasteiger partial charge is 0.494 e. The summed E-state index contributed by atoms with van der Waals surface area (Å²) in [5.41, 5.74) is 0.227. The molecule has 1 aliphatic rings. The molecule has 1 saturated heterocycles. The van der Waals surface area contributed by atoms with E-state index in [1.165, 1.54) is 0 Å². The Morgan fingerprint density at radius 2 is 1.92 bits per heavy atom. The zero-order valence-electron chi connectivity index (χ0n) is 14.8. The molecule has 0 N–H and O–H groups in total. The van der Waals surface area contributed by atoms with Crippen molar-refractivity contribution in [2.45, 2.75) is 58.5 Å². The van der Waals surface area contributed by atoms with Crippen LogP contribution >= 0.6 is 0 Å². The molecule has 7 nitrogen and oxygen atoms in total. The van der Waals surface area contributed by atoms with Gasteiger partial charge in [0.2, 0.25) is 0 Å². The summed E-state index contributed by atoms with van der Waals surface area (Å²) in [6, 6.07) is 7.81. The molecule has 0 radical (unpaired) electrons. The molecule has 2 aromatic rings. The minimum atomic E-state index is -0.395. The fourth-order valence-electron chi connectivity index (χ4n) is 2.51. The third-order valence-electron chi connectivity index (χ3n) is 4.56. The highest BCUT2D eigenvalue weighted by molar-refractivity contribution is 6.62. The smallest absolute Gasteiger partial charge is 0.489 e. The van der Waals surface area contributed by atoms with E-state index < -0.39 is 7.12 Å². The van der Waals surface area contributed by atoms with Gasteiger partial charge >= 0.3 is 7.12 Å². The van der Waals surface area contributed by atoms with Gasteiger partial charge in [-0.3, -0.25) is 0 Å². The molecule has 1 unspecified atom stereocenters. The monoisotopic (exact) mass is 330 g/mol. The second kappa shape index (κ2) is 6.18. The van der Waals surface area contributed by atoms with Gasteiger partial charge < -0.3 is 14.0 Å². The van der Waals surface area contributed by atoms with E-state index in [0.717, 1.165) is 11.2 Å². The zero-order valence-corrected chi connectivity index (χ0v) is 14.8. The third kappa shape index (κ3) is 3.44. The molecular weight excluding hydrogens is 307 g/mol. The highest BCUT2D eigenvalue weighted by atomic mass is 16.7. The quantitative estimate of drug-likeness (QED) is 0.773. The van der Waals surface area contributed by atoms with Crippen LogP contribution in [-0.4, -0.2) is 44.6 Å². The number of tetrazole rings is 1. The zero-order chi connectivity index (χ0) is 17.4. The van der Waals surface area contributed by atoms with Gasteiger partial charge in [0.1, 0.15) is 18.2 Å². The molecular formula is C16H23BN4O3. The van der Waals surface area contributed by atoms with Gasteiger partial charge in [-0.25, -0.2) is 4.68 Å². The summed E-state index contributed by atoms with van der Waals surface area (Å²) in [4.78, 5) is 0. The molecule has 128 valence electrons. The Bertz CT molecular complexity index is 674. The van der Waals surface area contributed by atoms with Crippen molar-refractivity contribution in [1.82, 2.24) is 20.2 Å². The maximum atomic E-state index is 6.09. The van der Waals surface area contributed by atoms with Crippen LogP contribution in [0.5, 0.6) is 5.75 Å². The lowest BCUT2D eigenvalue weighted by atomic mass is 9.79. The van der Waals surface area contributed by atoms with Gasteiger partial charge in [0, 0.05) is 0 Å². The van der Waals surface area contributed by atoms with Gasteiger partial charge in [0.15, 0.2) is 0 Å². The number of ether oxygens (including phenoxy) is 1. The van der Waals surface area contributed by atoms with Crippen molar-refractivity contribution in [1.29, 1.82) is 0 Å². The lowest BCUT2D eigenvalue weighted by Gasteiger charge is -2.32. The van der Waals surface area contributed by atoms with Crippen molar-refractivity contribution in [2.75, 3.05) is 0 Å². The third-order valence-corrected chi connectivity index (χ3v) is 4.56. The van der Waals surface area contributed by atoms with Gasteiger partial charge in [-0.15, -0.1) is 5.10 Å². The number of benzene rings is 1. The summed E-state index contributed by atoms with van der Waals surface area (Å²) in [6.45, 7) is 10.7. The summed E-state index contributed by atoms with van der Waals surface area (Å²) in [5.74, 6) is 0.766. The van der Waals surface area contributed by atoms with Crippen molar-refractivity contribution >= 4 is 12.6 Å². The van der Waals surface area contributed by atoms with Crippen LogP contribution in [0.2, 0.25) is 0 Å². The predicted octanol–water partition coefficient (Wildman–Crippen LogP) is 1.44. The van der Waals surface area contributed by atoms with Gasteiger partial charge in [0.25, 0.3) is 0 Å². The number of hydrogen-bond acceptors (Lipinski definition) is 6. The predicted molar refractivity (Wildman–Crippen MR) is 90.1 cm³/mol. The van der Waals surface area contributed by atoms with Crippen molar-refractivity contribution in [3.63, 3.8) is 0 Å². The molecule has 0 spiro atoms. The number of aromatic nitrogens is 4. The lowest BCUT2D eigenvalue weighted by Crippen LogP contribution is -2.41. The van der Waals surface area contributed by atoms with Crippen molar-refractivity contribution in [3.8, 4) is 5.75 Å². The van der Waals surface area contributed by atoms with E-state index in [9.17, 15) is 0 Å². The molecule has 1 aliphatic heterocycles. The van der Waals surface area contributed by atoms with E-state index in [1.807, 2.05) is 58.9 Å². The highest BCUT2D eigenvalue weighted by Crippen LogP contribution is 2.36. The van der Waals surface area contributed by atoms with E-state index in [-0.39, 0.29) is 17.3 Å². The van der Waals surface area contributed by atoms with E-state index in [1.54, 1.807) is 11.0 Å². The van der Waals surface area contributed by atoms with Crippen LogP contribution in [0, 0.1) is 0 Å². The summed E-state index contributed by atoms with van der Waals surface area (Å²) < 4.78 is 19.8. The van der Waals surface area contributed by atoms with Crippen LogP contribution in [0.15, 0.2) is 30.6 Å². The van der Waals surface area contributed by atoms with Crippen LogP contribution in [0.1, 0.15) is 34.6 Å². The molecule has 1 fully saturated rings. The first kappa shape index (κ1) is 16.9. The van der Waals surface area contributed by atoms with Gasteiger partial charge in [-0.1, -0.05) is 12.1 Å². The molecule has 1 atom stereocenters. The van der Waals surface area contributed by atoms with Gasteiger partial charge in [-0.05, 0) is 62.6 Å². The lowest BCUT2D eigenvalue weighted by molar-refractivity contribution is 0.00578. The van der Waals surface area contributed by atoms with E-state index in [0.29, 0.717) is 6.54 Å². The van der Waals surface area contributed by atoms with Crippen LogP contribution in [-0.2, 0) is 15.9 Å². The molecule has 3 rings (SSSR count). The molecule has 0 amide bonds. The normalized spacial score (nSPS) is 20.1. The highest BCUT2D eigenvalue weighted by Gasteiger charge is 2.51. The van der Waals surface area contributed by atoms with Crippen LogP contribution in [0.4, 0.5) is 0 Å². The Morgan fingerprint density at radius 1 is 1.21 bits per heavy atom. The molecule has 0 saturated carbocycles. The summed E-state index contributed by atoms with van der Waals surface area (Å²) in [7, 11) is -0.395. The van der Waals surface area contributed by atoms with Crippen molar-refractivity contribution < 1.29 is 14.0 Å². The Balaban J connectivity index is 1.69. The first-order valence-corrected chi connectivity index (χ1v) is 8.10. The fraction of sp³-hybridized carbons (Fsp3) is 0.562. The molecule has 0 aliphatic carbocycles. The molecule has 24 heavy (non-hydrogen) atoms. The van der Waals surface area contributed by atoms with E-state index in [2.05, 4.69) is 15.5 Å². The fourth-order valence-corrected chi connectivity index (χ4v) is 2.51. The van der Waals surface area contributed by atoms with Crippen LogP contribution in [0.25, 0.3) is 0 Å². The summed E-state index contributed by atoms with van der Waals surface area (Å²) in [6.07, 6.45) is 1.50. The maximum Gasteiger partial charge on any atom is 0.494 e. The van der Waals surface area contributed by atoms with E-state index >= 15 is 0 Å². The standard InChI is InChI=1S/C16H23BN4O3/c1-12(10-21-11-18-19-20-21)22-14-8-6-7-13(9-14)17-23-15(2,3)16(4,5)24-17/h6-9,11-12H,10H2,1-5H3. The second-order valence-electron chi connectivity index (χ2n) is 7.12.